The summed E-state index contributed by atoms with van der Waals surface area (Å²) in [6.07, 6.45) is 0.825. The largest absolute Gasteiger partial charge is 0.391 e. The van der Waals surface area contributed by atoms with Crippen LogP contribution in [0.1, 0.15) is 6.42 Å². The van der Waals surface area contributed by atoms with Crippen LogP contribution in [-0.2, 0) is 4.74 Å². The summed E-state index contributed by atoms with van der Waals surface area (Å²) in [6.45, 7) is 5.26. The first-order valence-corrected chi connectivity index (χ1v) is 9.14. The van der Waals surface area contributed by atoms with Crippen molar-refractivity contribution < 1.29 is 9.84 Å². The zero-order valence-electron chi connectivity index (χ0n) is 10.0. The first-order valence-electron chi connectivity index (χ1n) is 5.93. The van der Waals surface area contributed by atoms with Crippen LogP contribution in [-0.4, -0.2) is 32.0 Å². The molecule has 0 aromatic heterocycles. The maximum atomic E-state index is 9.46. The molecule has 1 N–H and O–H groups in total. The van der Waals surface area contributed by atoms with Gasteiger partial charge in [-0.3, -0.25) is 0 Å². The lowest BCUT2D eigenvalue weighted by Crippen LogP contribution is -2.43. The van der Waals surface area contributed by atoms with Gasteiger partial charge in [-0.25, -0.2) is 0 Å². The Balaban J connectivity index is 2.03. The second-order valence-electron chi connectivity index (χ2n) is 5.30. The fourth-order valence-electron chi connectivity index (χ4n) is 2.41. The van der Waals surface area contributed by atoms with Crippen molar-refractivity contribution >= 4 is 13.3 Å². The van der Waals surface area contributed by atoms with E-state index in [0.29, 0.717) is 6.61 Å². The molecule has 0 amide bonds. The van der Waals surface area contributed by atoms with E-state index in [4.69, 9.17) is 4.74 Å². The van der Waals surface area contributed by atoms with Crippen LogP contribution >= 0.6 is 0 Å². The third-order valence-corrected chi connectivity index (χ3v) is 6.72. The van der Waals surface area contributed by atoms with Gasteiger partial charge in [-0.2, -0.15) is 0 Å². The highest BCUT2D eigenvalue weighted by atomic mass is 28.3. The normalized spacial score (nSPS) is 25.9. The van der Waals surface area contributed by atoms with E-state index in [0.717, 1.165) is 12.5 Å². The number of ether oxygens (including phenoxy) is 1. The van der Waals surface area contributed by atoms with Gasteiger partial charge in [-0.05, 0) is 6.04 Å². The summed E-state index contributed by atoms with van der Waals surface area (Å²) in [4.78, 5) is 0. The van der Waals surface area contributed by atoms with Gasteiger partial charge in [-0.15, -0.1) is 0 Å². The molecule has 1 aromatic carbocycles. The number of aliphatic hydroxyl groups excluding tert-OH is 1. The average Bonchev–Trinajstić information content (AvgIpc) is 2.64. The Kier molecular flexibility index (Phi) is 3.47. The summed E-state index contributed by atoms with van der Waals surface area (Å²) in [6, 6.07) is 11.8. The quantitative estimate of drug-likeness (QED) is 0.810. The molecular formula is C13H20O2Si. The fraction of sp³-hybridized carbons (Fsp3) is 0.538. The van der Waals surface area contributed by atoms with Gasteiger partial charge in [0.05, 0.1) is 26.9 Å². The minimum atomic E-state index is -1.41. The van der Waals surface area contributed by atoms with Crippen molar-refractivity contribution in [1.82, 2.24) is 0 Å². The van der Waals surface area contributed by atoms with E-state index in [-0.39, 0.29) is 12.2 Å². The molecule has 2 nitrogen and oxygen atoms in total. The number of hydrogen-bond acceptors (Lipinski definition) is 2. The predicted molar refractivity (Wildman–Crippen MR) is 68.7 cm³/mol. The third-order valence-electron chi connectivity index (χ3n) is 3.35. The highest BCUT2D eigenvalue weighted by Gasteiger charge is 2.32. The number of hydrogen-bond donors (Lipinski definition) is 1. The minimum Gasteiger partial charge on any atom is -0.391 e. The monoisotopic (exact) mass is 236 g/mol. The van der Waals surface area contributed by atoms with Crippen LogP contribution in [0.4, 0.5) is 0 Å². The molecule has 0 radical (unpaired) electrons. The Labute approximate surface area is 98.3 Å². The van der Waals surface area contributed by atoms with Gasteiger partial charge in [0.1, 0.15) is 0 Å². The molecule has 16 heavy (non-hydrogen) atoms. The smallest absolute Gasteiger partial charge is 0.0831 e. The van der Waals surface area contributed by atoms with Gasteiger partial charge >= 0.3 is 0 Å². The Morgan fingerprint density at radius 2 is 2.00 bits per heavy atom. The molecule has 1 heterocycles. The predicted octanol–water partition coefficient (Wildman–Crippen LogP) is 1.75. The van der Waals surface area contributed by atoms with Gasteiger partial charge in [0.25, 0.3) is 0 Å². The Hall–Kier alpha value is -0.643. The first kappa shape index (κ1) is 11.8. The maximum Gasteiger partial charge on any atom is 0.0831 e. The lowest BCUT2D eigenvalue weighted by Gasteiger charge is -2.25. The van der Waals surface area contributed by atoms with Gasteiger partial charge in [0.2, 0.25) is 0 Å². The molecule has 2 atom stereocenters. The van der Waals surface area contributed by atoms with Crippen LogP contribution in [0.25, 0.3) is 0 Å². The molecular weight excluding hydrogens is 216 g/mol. The zero-order valence-corrected chi connectivity index (χ0v) is 11.0. The highest BCUT2D eigenvalue weighted by Crippen LogP contribution is 2.23. The molecule has 1 aromatic rings. The van der Waals surface area contributed by atoms with Gasteiger partial charge < -0.3 is 9.84 Å². The van der Waals surface area contributed by atoms with E-state index < -0.39 is 8.07 Å². The highest BCUT2D eigenvalue weighted by molar-refractivity contribution is 6.89. The molecule has 0 unspecified atom stereocenters. The van der Waals surface area contributed by atoms with Crippen molar-refractivity contribution in [2.45, 2.75) is 37.8 Å². The fourth-order valence-corrected chi connectivity index (χ4v) is 5.16. The van der Waals surface area contributed by atoms with Crippen LogP contribution in [0.15, 0.2) is 30.3 Å². The van der Waals surface area contributed by atoms with E-state index in [2.05, 4.69) is 43.4 Å². The molecule has 88 valence electrons. The summed E-state index contributed by atoms with van der Waals surface area (Å²) in [5.41, 5.74) is 0. The van der Waals surface area contributed by atoms with Crippen LogP contribution in [0.3, 0.4) is 0 Å². The molecule has 0 aliphatic carbocycles. The summed E-state index contributed by atoms with van der Waals surface area (Å²) >= 11 is 0. The lowest BCUT2D eigenvalue weighted by molar-refractivity contribution is 0.0966. The Morgan fingerprint density at radius 3 is 2.56 bits per heavy atom. The molecule has 0 spiro atoms. The summed E-state index contributed by atoms with van der Waals surface area (Å²) in [5, 5.41) is 10.9. The molecule has 3 heteroatoms. The number of rotatable bonds is 3. The maximum absolute atomic E-state index is 9.46. The third kappa shape index (κ3) is 2.73. The van der Waals surface area contributed by atoms with Crippen LogP contribution < -0.4 is 5.19 Å². The van der Waals surface area contributed by atoms with Crippen molar-refractivity contribution in [1.29, 1.82) is 0 Å². The lowest BCUT2D eigenvalue weighted by atomic mass is 10.2. The van der Waals surface area contributed by atoms with E-state index >= 15 is 0 Å². The number of aliphatic hydroxyl groups is 1. The molecule has 1 aliphatic heterocycles. The summed E-state index contributed by atoms with van der Waals surface area (Å²) < 4.78 is 5.61. The molecule has 1 saturated heterocycles. The molecule has 2 rings (SSSR count). The van der Waals surface area contributed by atoms with E-state index in [9.17, 15) is 5.11 Å². The van der Waals surface area contributed by atoms with Crippen molar-refractivity contribution in [3.8, 4) is 0 Å². The van der Waals surface area contributed by atoms with Crippen molar-refractivity contribution in [2.24, 2.45) is 0 Å². The average molecular weight is 236 g/mol. The van der Waals surface area contributed by atoms with Crippen LogP contribution in [0, 0.1) is 0 Å². The second-order valence-corrected chi connectivity index (χ2v) is 10.1. The Bertz CT molecular complexity index is 337. The molecule has 1 aliphatic rings. The SMILES string of the molecule is C[Si](C)(C[C@@H]1C[C@H](O)CO1)c1ccccc1. The molecule has 0 saturated carbocycles. The Morgan fingerprint density at radius 1 is 1.31 bits per heavy atom. The molecule has 0 bridgehead atoms. The second kappa shape index (κ2) is 4.70. The standard InChI is InChI=1S/C13H20O2Si/c1-16(2,13-6-4-3-5-7-13)10-12-8-11(14)9-15-12/h3-7,11-12,14H,8-10H2,1-2H3/t11-,12-/m0/s1. The van der Waals surface area contributed by atoms with Crippen LogP contribution in [0.2, 0.25) is 19.1 Å². The van der Waals surface area contributed by atoms with Crippen molar-refractivity contribution in [2.75, 3.05) is 6.61 Å². The van der Waals surface area contributed by atoms with E-state index in [1.54, 1.807) is 0 Å². The first-order chi connectivity index (χ1) is 7.58. The van der Waals surface area contributed by atoms with Crippen molar-refractivity contribution in [3.05, 3.63) is 30.3 Å². The molecule has 1 fully saturated rings. The van der Waals surface area contributed by atoms with E-state index in [1.165, 1.54) is 5.19 Å². The number of benzene rings is 1. The van der Waals surface area contributed by atoms with Crippen LogP contribution in [0.5, 0.6) is 0 Å². The summed E-state index contributed by atoms with van der Waals surface area (Å²) in [7, 11) is -1.41. The summed E-state index contributed by atoms with van der Waals surface area (Å²) in [5.74, 6) is 0. The minimum absolute atomic E-state index is 0.245. The van der Waals surface area contributed by atoms with Gasteiger partial charge in [0, 0.05) is 6.42 Å². The topological polar surface area (TPSA) is 29.5 Å². The van der Waals surface area contributed by atoms with Gasteiger partial charge in [0.15, 0.2) is 0 Å². The van der Waals surface area contributed by atoms with Crippen molar-refractivity contribution in [3.63, 3.8) is 0 Å². The van der Waals surface area contributed by atoms with E-state index in [1.807, 2.05) is 0 Å². The van der Waals surface area contributed by atoms with Gasteiger partial charge in [-0.1, -0.05) is 48.6 Å². The zero-order chi connectivity index (χ0) is 11.6.